The second-order valence-electron chi connectivity index (χ2n) is 5.59. The Morgan fingerprint density at radius 1 is 0.952 bits per heavy atom. The maximum absolute atomic E-state index is 10.1. The summed E-state index contributed by atoms with van der Waals surface area (Å²) in [5.41, 5.74) is 1.36. The van der Waals surface area contributed by atoms with E-state index in [9.17, 15) is 5.11 Å². The van der Waals surface area contributed by atoms with E-state index in [0.717, 1.165) is 32.7 Å². The van der Waals surface area contributed by atoms with Crippen LogP contribution in [0, 0.1) is 0 Å². The summed E-state index contributed by atoms with van der Waals surface area (Å²) >= 11 is 0. The third-order valence-electron chi connectivity index (χ3n) is 4.02. The summed E-state index contributed by atoms with van der Waals surface area (Å²) in [7, 11) is 0. The monoisotopic (exact) mass is 286 g/mol. The summed E-state index contributed by atoms with van der Waals surface area (Å²) in [5.74, 6) is 0.654. The number of rotatable bonds is 5. The average molecular weight is 286 g/mol. The molecule has 0 radical (unpaired) electrons. The minimum atomic E-state index is -0.527. The van der Waals surface area contributed by atoms with Gasteiger partial charge in [-0.2, -0.15) is 0 Å². The fourth-order valence-corrected chi connectivity index (χ4v) is 2.79. The molecule has 2 aromatic rings. The van der Waals surface area contributed by atoms with Crippen molar-refractivity contribution in [1.82, 2.24) is 9.80 Å². The van der Waals surface area contributed by atoms with E-state index >= 15 is 0 Å². The van der Waals surface area contributed by atoms with Gasteiger partial charge in [-0.25, -0.2) is 0 Å². The lowest BCUT2D eigenvalue weighted by Gasteiger charge is -2.35. The molecule has 4 heteroatoms. The van der Waals surface area contributed by atoms with Crippen LogP contribution in [0.1, 0.15) is 17.4 Å². The molecule has 0 spiro atoms. The number of aliphatic hydroxyl groups excluding tert-OH is 1. The Kier molecular flexibility index (Phi) is 4.70. The second kappa shape index (κ2) is 6.89. The van der Waals surface area contributed by atoms with E-state index in [-0.39, 0.29) is 0 Å². The Morgan fingerprint density at radius 3 is 2.33 bits per heavy atom. The fourth-order valence-electron chi connectivity index (χ4n) is 2.79. The van der Waals surface area contributed by atoms with Crippen LogP contribution in [0.15, 0.2) is 53.1 Å². The molecule has 0 saturated carbocycles. The van der Waals surface area contributed by atoms with Crippen molar-refractivity contribution in [2.45, 2.75) is 12.6 Å². The van der Waals surface area contributed by atoms with Crippen LogP contribution in [0.5, 0.6) is 0 Å². The van der Waals surface area contributed by atoms with E-state index < -0.39 is 6.10 Å². The molecule has 0 bridgehead atoms. The van der Waals surface area contributed by atoms with Gasteiger partial charge in [0.1, 0.15) is 11.9 Å². The number of β-amino-alcohol motifs (C(OH)–C–C–N with tert-alkyl or cyclic N) is 1. The lowest BCUT2D eigenvalue weighted by atomic mass is 10.2. The van der Waals surface area contributed by atoms with Gasteiger partial charge in [0.25, 0.3) is 0 Å². The van der Waals surface area contributed by atoms with E-state index in [1.165, 1.54) is 5.56 Å². The Bertz CT molecular complexity index is 519. The number of furan rings is 1. The first kappa shape index (κ1) is 14.3. The first-order valence-corrected chi connectivity index (χ1v) is 7.51. The molecule has 4 nitrogen and oxygen atoms in total. The smallest absolute Gasteiger partial charge is 0.133 e. The molecule has 1 aliphatic heterocycles. The molecule has 1 aliphatic rings. The van der Waals surface area contributed by atoms with Crippen molar-refractivity contribution in [1.29, 1.82) is 0 Å². The lowest BCUT2D eigenvalue weighted by molar-refractivity contribution is 0.0598. The Labute approximate surface area is 125 Å². The summed E-state index contributed by atoms with van der Waals surface area (Å²) in [6, 6.07) is 14.2. The first-order chi connectivity index (χ1) is 10.3. The highest BCUT2D eigenvalue weighted by Crippen LogP contribution is 2.16. The number of hydrogen-bond donors (Lipinski definition) is 1. The molecular formula is C17H22N2O2. The van der Waals surface area contributed by atoms with E-state index in [1.807, 2.05) is 12.1 Å². The van der Waals surface area contributed by atoms with Crippen LogP contribution in [0.4, 0.5) is 0 Å². The third kappa shape index (κ3) is 3.94. The molecule has 3 rings (SSSR count). The van der Waals surface area contributed by atoms with Crippen LogP contribution in [0.2, 0.25) is 0 Å². The molecule has 2 heterocycles. The van der Waals surface area contributed by atoms with Crippen LogP contribution in [0.3, 0.4) is 0 Å². The predicted molar refractivity (Wildman–Crippen MR) is 81.8 cm³/mol. The molecule has 1 unspecified atom stereocenters. The Balaban J connectivity index is 1.45. The molecule has 1 atom stereocenters. The van der Waals surface area contributed by atoms with Crippen molar-refractivity contribution < 1.29 is 9.52 Å². The number of piperazine rings is 1. The normalized spacial score (nSPS) is 18.7. The molecule has 0 aliphatic carbocycles. The predicted octanol–water partition coefficient (Wildman–Crippen LogP) is 2.13. The number of aliphatic hydroxyl groups is 1. The maximum atomic E-state index is 10.1. The largest absolute Gasteiger partial charge is 0.467 e. The molecule has 112 valence electrons. The summed E-state index contributed by atoms with van der Waals surface area (Å²) in [4.78, 5) is 4.76. The van der Waals surface area contributed by atoms with Crippen molar-refractivity contribution >= 4 is 0 Å². The molecule has 1 fully saturated rings. The van der Waals surface area contributed by atoms with Gasteiger partial charge in [-0.15, -0.1) is 0 Å². The standard InChI is InChI=1S/C17H22N2O2/c20-16(17-7-4-12-21-17)14-19-10-8-18(9-11-19)13-15-5-2-1-3-6-15/h1-7,12,16,20H,8-11,13-14H2. The minimum Gasteiger partial charge on any atom is -0.467 e. The highest BCUT2D eigenvalue weighted by molar-refractivity contribution is 5.14. The Hall–Kier alpha value is -1.62. The van der Waals surface area contributed by atoms with E-state index in [1.54, 1.807) is 6.26 Å². The lowest BCUT2D eigenvalue weighted by Crippen LogP contribution is -2.47. The van der Waals surface area contributed by atoms with Gasteiger partial charge in [0.2, 0.25) is 0 Å². The summed E-state index contributed by atoms with van der Waals surface area (Å²) in [5, 5.41) is 10.1. The van der Waals surface area contributed by atoms with Crippen LogP contribution in [0.25, 0.3) is 0 Å². The topological polar surface area (TPSA) is 39.9 Å². The zero-order chi connectivity index (χ0) is 14.5. The maximum Gasteiger partial charge on any atom is 0.133 e. The molecule has 21 heavy (non-hydrogen) atoms. The van der Waals surface area contributed by atoms with Gasteiger partial charge < -0.3 is 9.52 Å². The number of hydrogen-bond acceptors (Lipinski definition) is 4. The first-order valence-electron chi connectivity index (χ1n) is 7.51. The number of benzene rings is 1. The molecular weight excluding hydrogens is 264 g/mol. The van der Waals surface area contributed by atoms with Crippen molar-refractivity contribution in [3.8, 4) is 0 Å². The van der Waals surface area contributed by atoms with Crippen molar-refractivity contribution in [2.75, 3.05) is 32.7 Å². The summed E-state index contributed by atoms with van der Waals surface area (Å²) < 4.78 is 5.25. The van der Waals surface area contributed by atoms with Crippen LogP contribution in [-0.4, -0.2) is 47.6 Å². The fraction of sp³-hybridized carbons (Fsp3) is 0.412. The van der Waals surface area contributed by atoms with Gasteiger partial charge in [0, 0.05) is 39.3 Å². The average Bonchev–Trinajstić information content (AvgIpc) is 3.05. The zero-order valence-electron chi connectivity index (χ0n) is 12.2. The molecule has 1 aromatic carbocycles. The van der Waals surface area contributed by atoms with Crippen LogP contribution < -0.4 is 0 Å². The highest BCUT2D eigenvalue weighted by atomic mass is 16.4. The van der Waals surface area contributed by atoms with Gasteiger partial charge >= 0.3 is 0 Å². The zero-order valence-corrected chi connectivity index (χ0v) is 12.2. The van der Waals surface area contributed by atoms with Crippen LogP contribution in [-0.2, 0) is 6.54 Å². The van der Waals surface area contributed by atoms with Gasteiger partial charge in [0.05, 0.1) is 6.26 Å². The third-order valence-corrected chi connectivity index (χ3v) is 4.02. The summed E-state index contributed by atoms with van der Waals surface area (Å²) in [6.07, 6.45) is 1.08. The molecule has 1 N–H and O–H groups in total. The van der Waals surface area contributed by atoms with Gasteiger partial charge in [0.15, 0.2) is 0 Å². The quantitative estimate of drug-likeness (QED) is 0.914. The van der Waals surface area contributed by atoms with E-state index in [4.69, 9.17) is 4.42 Å². The number of nitrogens with zero attached hydrogens (tertiary/aromatic N) is 2. The van der Waals surface area contributed by atoms with E-state index in [0.29, 0.717) is 12.3 Å². The molecule has 1 aromatic heterocycles. The SMILES string of the molecule is OC(CN1CCN(Cc2ccccc2)CC1)c1ccco1. The van der Waals surface area contributed by atoms with Gasteiger partial charge in [-0.1, -0.05) is 30.3 Å². The highest BCUT2D eigenvalue weighted by Gasteiger charge is 2.20. The van der Waals surface area contributed by atoms with Gasteiger partial charge in [-0.05, 0) is 17.7 Å². The van der Waals surface area contributed by atoms with Crippen molar-refractivity contribution in [3.63, 3.8) is 0 Å². The van der Waals surface area contributed by atoms with Crippen LogP contribution >= 0.6 is 0 Å². The van der Waals surface area contributed by atoms with Crippen molar-refractivity contribution in [2.24, 2.45) is 0 Å². The van der Waals surface area contributed by atoms with Gasteiger partial charge in [-0.3, -0.25) is 9.80 Å². The van der Waals surface area contributed by atoms with E-state index in [2.05, 4.69) is 40.1 Å². The Morgan fingerprint density at radius 2 is 1.67 bits per heavy atom. The molecule has 1 saturated heterocycles. The second-order valence-corrected chi connectivity index (χ2v) is 5.59. The minimum absolute atomic E-state index is 0.527. The summed E-state index contributed by atoms with van der Waals surface area (Å²) in [6.45, 7) is 5.72. The van der Waals surface area contributed by atoms with Crippen molar-refractivity contribution in [3.05, 3.63) is 60.1 Å². The molecule has 0 amide bonds.